The topological polar surface area (TPSA) is 28.5 Å². The van der Waals surface area contributed by atoms with Crippen LogP contribution in [0.1, 0.15) is 0 Å². The van der Waals surface area contributed by atoms with Crippen molar-refractivity contribution in [2.24, 2.45) is 0 Å². The van der Waals surface area contributed by atoms with Crippen molar-refractivity contribution in [2.75, 3.05) is 0 Å². The van der Waals surface area contributed by atoms with Gasteiger partial charge in [0.1, 0.15) is 0 Å². The molecule has 0 rings (SSSR count). The van der Waals surface area contributed by atoms with Gasteiger partial charge in [-0.2, -0.15) is 0 Å². The van der Waals surface area contributed by atoms with Crippen LogP contribution < -0.4 is 18.9 Å². The van der Waals surface area contributed by atoms with Gasteiger partial charge in [-0.1, -0.05) is 0 Å². The maximum absolute atomic E-state index is 0. The third-order valence-electron chi connectivity index (χ3n) is 0. The Hall–Kier alpha value is 2.09. The minimum Gasteiger partial charge on any atom is -2.00 e. The van der Waals surface area contributed by atoms with Gasteiger partial charge in [0, 0.05) is 0 Å². The Morgan fingerprint density at radius 1 is 1.00 bits per heavy atom. The number of hydrogen-bond donors (Lipinski definition) is 0. The first-order valence-corrected chi connectivity index (χ1v) is 0. The van der Waals surface area contributed by atoms with Gasteiger partial charge in [0.2, 0.25) is 0 Å². The molecule has 0 aromatic rings. The molecule has 5 heavy (non-hydrogen) atoms. The summed E-state index contributed by atoms with van der Waals surface area (Å²) in [4.78, 5) is 0. The van der Waals surface area contributed by atoms with E-state index in [9.17, 15) is 0 Å². The van der Waals surface area contributed by atoms with Crippen molar-refractivity contribution in [3.63, 3.8) is 0 Å². The molecule has 0 N–H and O–H groups in total. The summed E-state index contributed by atoms with van der Waals surface area (Å²) in [6, 6.07) is 0. The summed E-state index contributed by atoms with van der Waals surface area (Å²) in [6.07, 6.45) is 0. The van der Waals surface area contributed by atoms with Gasteiger partial charge in [-0.25, -0.2) is 0 Å². The van der Waals surface area contributed by atoms with Gasteiger partial charge in [0.25, 0.3) is 0 Å². The molecule has 5 heteroatoms. The van der Waals surface area contributed by atoms with Crippen molar-refractivity contribution >= 4 is 0 Å². The normalized spacial score (nSPS) is 0. The van der Waals surface area contributed by atoms with Crippen LogP contribution >= 0.6 is 0 Å². The van der Waals surface area contributed by atoms with E-state index in [2.05, 4.69) is 0 Å². The van der Waals surface area contributed by atoms with Crippen LogP contribution in [0.3, 0.4) is 0 Å². The fraction of sp³-hybridized carbons (Fsp3) is 0. The van der Waals surface area contributed by atoms with Gasteiger partial charge in [-0.15, -0.1) is 0 Å². The van der Waals surface area contributed by atoms with Gasteiger partial charge in [0.15, 0.2) is 0 Å². The van der Waals surface area contributed by atoms with Crippen molar-refractivity contribution in [1.82, 2.24) is 0 Å². The van der Waals surface area contributed by atoms with Gasteiger partial charge in [0.05, 0.1) is 0 Å². The predicted molar refractivity (Wildman–Crippen MR) is 0.686 cm³/mol. The summed E-state index contributed by atoms with van der Waals surface area (Å²) in [6.45, 7) is 0. The first-order valence-electron chi connectivity index (χ1n) is 0. The molecule has 0 aliphatic heterocycles. The Morgan fingerprint density at radius 2 is 1.00 bits per heavy atom. The smallest absolute Gasteiger partial charge is 2.00 e. The summed E-state index contributed by atoms with van der Waals surface area (Å²) in [5, 5.41) is 0. The molecule has 0 aromatic heterocycles. The van der Waals surface area contributed by atoms with E-state index >= 15 is 0 Å². The zero-order valence-corrected chi connectivity index (χ0v) is 5.51. The van der Waals surface area contributed by atoms with E-state index in [0.717, 1.165) is 0 Å². The van der Waals surface area contributed by atoms with Gasteiger partial charge >= 0.3 is 69.5 Å². The Labute approximate surface area is 74.4 Å². The molecule has 0 bridgehead atoms. The standard InChI is InChI=1S/Cu.Li.Mn.Ni.O/q+2;+1;2*+2;-2. The average molecular weight is 200 g/mol. The first-order chi connectivity index (χ1) is 0. The Balaban J connectivity index is 0. The maximum Gasteiger partial charge on any atom is 2.00 e. The fourth-order valence-electron chi connectivity index (χ4n) is 0. The first kappa shape index (κ1) is 60.2. The van der Waals surface area contributed by atoms with Crippen molar-refractivity contribution in [2.45, 2.75) is 0 Å². The van der Waals surface area contributed by atoms with Crippen molar-refractivity contribution in [3.05, 3.63) is 0 Å². The van der Waals surface area contributed by atoms with E-state index in [-0.39, 0.29) is 75.0 Å². The zero-order valence-electron chi connectivity index (χ0n) is 2.40. The summed E-state index contributed by atoms with van der Waals surface area (Å²) >= 11 is 0. The zero-order chi connectivity index (χ0) is 0. The molecular weight excluding hydrogens is 200 g/mol. The molecule has 0 aliphatic rings. The molecule has 1 nitrogen and oxygen atoms in total. The van der Waals surface area contributed by atoms with Crippen LogP contribution in [0.4, 0.5) is 0 Å². The molecule has 30 valence electrons. The third-order valence-corrected chi connectivity index (χ3v) is 0. The second-order valence-electron chi connectivity index (χ2n) is 0. The van der Waals surface area contributed by atoms with E-state index in [0.29, 0.717) is 0 Å². The molecule has 0 atom stereocenters. The molecule has 0 spiro atoms. The molecule has 0 heterocycles. The van der Waals surface area contributed by atoms with Gasteiger partial charge in [-0.3, -0.25) is 0 Å². The Morgan fingerprint density at radius 3 is 1.00 bits per heavy atom. The molecule has 0 unspecified atom stereocenters. The molecule has 0 fully saturated rings. The SMILES string of the molecule is [Cu+2].[Li+].[Mn+2].[Ni+2].[O-2]. The van der Waals surface area contributed by atoms with Crippen LogP contribution in [0.15, 0.2) is 0 Å². The Bertz CT molecular complexity index is 11.6. The van der Waals surface area contributed by atoms with E-state index < -0.39 is 0 Å². The van der Waals surface area contributed by atoms with Crippen LogP contribution in [0.5, 0.6) is 0 Å². The average Bonchev–Trinajstić information content (AvgIpc) is 0. The van der Waals surface area contributed by atoms with Gasteiger partial charge in [-0.05, 0) is 0 Å². The van der Waals surface area contributed by atoms with E-state index in [1.165, 1.54) is 0 Å². The van der Waals surface area contributed by atoms with Crippen molar-refractivity contribution in [3.8, 4) is 0 Å². The maximum atomic E-state index is 0. The minimum absolute atomic E-state index is 0. The van der Waals surface area contributed by atoms with Gasteiger partial charge < -0.3 is 5.48 Å². The van der Waals surface area contributed by atoms with Crippen LogP contribution in [-0.4, -0.2) is 0 Å². The minimum atomic E-state index is 0. The number of hydrogen-bond acceptors (Lipinski definition) is 0. The quantitative estimate of drug-likeness (QED) is 0.370. The summed E-state index contributed by atoms with van der Waals surface area (Å²) in [5.41, 5.74) is 0. The summed E-state index contributed by atoms with van der Waals surface area (Å²) in [5.74, 6) is 0. The second-order valence-corrected chi connectivity index (χ2v) is 0. The molecular formula is CuLiMnNiO+5. The summed E-state index contributed by atoms with van der Waals surface area (Å²) in [7, 11) is 0. The monoisotopic (exact) mass is 199 g/mol. The molecule has 0 saturated heterocycles. The van der Waals surface area contributed by atoms with Crippen LogP contribution in [0.25, 0.3) is 0 Å². The van der Waals surface area contributed by atoms with E-state index in [1.807, 2.05) is 0 Å². The van der Waals surface area contributed by atoms with Crippen LogP contribution in [0, 0.1) is 0 Å². The second kappa shape index (κ2) is 36.1. The van der Waals surface area contributed by atoms with Crippen LogP contribution in [-0.2, 0) is 56.1 Å². The predicted octanol–water partition coefficient (Wildman–Crippen LogP) is -3.12. The molecule has 0 aromatic carbocycles. The Kier molecular flexibility index (Phi) is 435. The largest absolute Gasteiger partial charge is 2.00 e. The van der Waals surface area contributed by atoms with Crippen molar-refractivity contribution < 1.29 is 75.0 Å². The molecule has 0 aliphatic carbocycles. The number of rotatable bonds is 0. The van der Waals surface area contributed by atoms with E-state index in [4.69, 9.17) is 0 Å². The fourth-order valence-corrected chi connectivity index (χ4v) is 0. The van der Waals surface area contributed by atoms with Crippen molar-refractivity contribution in [1.29, 1.82) is 0 Å². The van der Waals surface area contributed by atoms with E-state index in [1.54, 1.807) is 0 Å². The van der Waals surface area contributed by atoms with Crippen LogP contribution in [0.2, 0.25) is 0 Å². The third kappa shape index (κ3) is 23.3. The molecule has 0 saturated carbocycles. The molecule has 2 radical (unpaired) electrons. The summed E-state index contributed by atoms with van der Waals surface area (Å²) < 4.78 is 0. The molecule has 0 amide bonds.